The van der Waals surface area contributed by atoms with Crippen LogP contribution < -0.4 is 0 Å². The highest BCUT2D eigenvalue weighted by molar-refractivity contribution is 5.79. The van der Waals surface area contributed by atoms with Crippen LogP contribution in [0.25, 0.3) is 11.1 Å². The smallest absolute Gasteiger partial charge is 0.237 e. The zero-order valence-corrected chi connectivity index (χ0v) is 20.0. The zero-order chi connectivity index (χ0) is 22.7. The molecule has 174 valence electrons. The Hall–Kier alpha value is -2.25. The van der Waals surface area contributed by atoms with Crippen molar-refractivity contribution >= 4 is 5.91 Å². The van der Waals surface area contributed by atoms with Crippen molar-refractivity contribution in [2.45, 2.75) is 71.1 Å². The lowest BCUT2D eigenvalue weighted by atomic mass is 9.93. The fourth-order valence-electron chi connectivity index (χ4n) is 5.17. The molecular formula is C25H37N5O2. The third kappa shape index (κ3) is 5.38. The molecule has 1 saturated carbocycles. The Morgan fingerprint density at radius 3 is 2.69 bits per heavy atom. The quantitative estimate of drug-likeness (QED) is 0.686. The summed E-state index contributed by atoms with van der Waals surface area (Å²) in [6.45, 7) is 8.83. The van der Waals surface area contributed by atoms with Crippen molar-refractivity contribution in [1.82, 2.24) is 24.6 Å². The Kier molecular flexibility index (Phi) is 7.26. The molecule has 2 aromatic rings. The van der Waals surface area contributed by atoms with Gasteiger partial charge in [-0.2, -0.15) is 5.10 Å². The summed E-state index contributed by atoms with van der Waals surface area (Å²) in [5.41, 5.74) is 4.05. The number of aryl methyl sites for hydroxylation is 2. The van der Waals surface area contributed by atoms with Crippen LogP contribution in [0.3, 0.4) is 0 Å². The Labute approximate surface area is 191 Å². The Bertz CT molecular complexity index is 919. The third-order valence-electron chi connectivity index (χ3n) is 6.66. The van der Waals surface area contributed by atoms with Gasteiger partial charge in [-0.1, -0.05) is 19.3 Å². The van der Waals surface area contributed by atoms with Crippen LogP contribution in [0.15, 0.2) is 24.5 Å². The Balaban J connectivity index is 1.45. The molecule has 0 aromatic carbocycles. The maximum absolute atomic E-state index is 13.3. The number of rotatable bonds is 6. The van der Waals surface area contributed by atoms with Crippen LogP contribution in [0.4, 0.5) is 0 Å². The highest BCUT2D eigenvalue weighted by Gasteiger charge is 2.31. The molecule has 1 aliphatic carbocycles. The van der Waals surface area contributed by atoms with Gasteiger partial charge in [0.2, 0.25) is 5.91 Å². The van der Waals surface area contributed by atoms with E-state index in [2.05, 4.69) is 40.9 Å². The van der Waals surface area contributed by atoms with E-state index in [0.717, 1.165) is 41.9 Å². The number of carbonyl (C=O) groups excluding carboxylic acids is 1. The number of ether oxygens (including phenoxy) is 1. The monoisotopic (exact) mass is 439 g/mol. The number of hydrogen-bond donors (Lipinski definition) is 0. The van der Waals surface area contributed by atoms with E-state index in [4.69, 9.17) is 9.72 Å². The molecule has 2 fully saturated rings. The summed E-state index contributed by atoms with van der Waals surface area (Å²) in [5, 5.41) is 4.29. The minimum atomic E-state index is -0.131. The van der Waals surface area contributed by atoms with Gasteiger partial charge in [0, 0.05) is 49.7 Å². The number of amides is 1. The van der Waals surface area contributed by atoms with E-state index in [-0.39, 0.29) is 18.1 Å². The second-order valence-corrected chi connectivity index (χ2v) is 9.61. The molecule has 1 saturated heterocycles. The summed E-state index contributed by atoms with van der Waals surface area (Å²) >= 11 is 0. The molecule has 2 aromatic heterocycles. The van der Waals surface area contributed by atoms with Crippen LogP contribution in [-0.4, -0.2) is 68.8 Å². The summed E-state index contributed by atoms with van der Waals surface area (Å²) in [7, 11) is 1.92. The summed E-state index contributed by atoms with van der Waals surface area (Å²) in [4.78, 5) is 22.5. The average molecular weight is 440 g/mol. The second kappa shape index (κ2) is 10.1. The van der Waals surface area contributed by atoms with Crippen molar-refractivity contribution in [1.29, 1.82) is 0 Å². The predicted molar refractivity (Wildman–Crippen MR) is 125 cm³/mol. The van der Waals surface area contributed by atoms with Gasteiger partial charge in [0.25, 0.3) is 0 Å². The number of aromatic nitrogens is 3. The van der Waals surface area contributed by atoms with E-state index >= 15 is 0 Å². The number of morpholine rings is 1. The molecule has 1 atom stereocenters. The van der Waals surface area contributed by atoms with E-state index in [0.29, 0.717) is 25.7 Å². The van der Waals surface area contributed by atoms with Crippen molar-refractivity contribution in [3.8, 4) is 11.1 Å². The Morgan fingerprint density at radius 1 is 1.22 bits per heavy atom. The maximum atomic E-state index is 13.3. The molecule has 0 bridgehead atoms. The molecule has 0 N–H and O–H groups in total. The molecule has 1 unspecified atom stereocenters. The maximum Gasteiger partial charge on any atom is 0.237 e. The predicted octanol–water partition coefficient (Wildman–Crippen LogP) is 3.73. The molecule has 3 heterocycles. The summed E-state index contributed by atoms with van der Waals surface area (Å²) in [6, 6.07) is 4.81. The first-order valence-corrected chi connectivity index (χ1v) is 12.0. The van der Waals surface area contributed by atoms with E-state index in [9.17, 15) is 4.79 Å². The van der Waals surface area contributed by atoms with Gasteiger partial charge in [0.05, 0.1) is 25.0 Å². The topological polar surface area (TPSA) is 63.5 Å². The second-order valence-electron chi connectivity index (χ2n) is 9.61. The fourth-order valence-corrected chi connectivity index (χ4v) is 5.17. The molecule has 7 heteroatoms. The van der Waals surface area contributed by atoms with Crippen LogP contribution >= 0.6 is 0 Å². The van der Waals surface area contributed by atoms with Crippen molar-refractivity contribution in [2.24, 2.45) is 7.05 Å². The summed E-state index contributed by atoms with van der Waals surface area (Å²) in [5.74, 6) is 0.251. The normalized spacial score (nSPS) is 20.6. The minimum Gasteiger partial charge on any atom is -0.369 e. The molecular weight excluding hydrogens is 402 g/mol. The summed E-state index contributed by atoms with van der Waals surface area (Å²) < 4.78 is 7.91. The van der Waals surface area contributed by atoms with Crippen LogP contribution in [0.2, 0.25) is 0 Å². The molecule has 1 aliphatic heterocycles. The Morgan fingerprint density at radius 2 is 2.00 bits per heavy atom. The number of nitrogens with zero attached hydrogens (tertiary/aromatic N) is 5. The van der Waals surface area contributed by atoms with Gasteiger partial charge in [0.15, 0.2) is 0 Å². The molecule has 4 rings (SSSR count). The van der Waals surface area contributed by atoms with Crippen molar-refractivity contribution in [2.75, 3.05) is 26.2 Å². The van der Waals surface area contributed by atoms with Crippen LogP contribution in [0.1, 0.15) is 63.4 Å². The van der Waals surface area contributed by atoms with Gasteiger partial charge in [-0.05, 0) is 51.3 Å². The molecule has 0 radical (unpaired) electrons. The van der Waals surface area contributed by atoms with Gasteiger partial charge in [0.1, 0.15) is 6.10 Å². The lowest BCUT2D eigenvalue weighted by molar-refractivity contribution is -0.139. The molecule has 32 heavy (non-hydrogen) atoms. The highest BCUT2D eigenvalue weighted by atomic mass is 16.5. The molecule has 2 aliphatic rings. The van der Waals surface area contributed by atoms with Gasteiger partial charge < -0.3 is 9.64 Å². The fraction of sp³-hybridized carbons (Fsp3) is 0.640. The number of hydrogen-bond acceptors (Lipinski definition) is 5. The van der Waals surface area contributed by atoms with Crippen LogP contribution in [-0.2, 0) is 16.6 Å². The number of pyridine rings is 1. The SMILES string of the molecule is Cc1cc(-c2cnn(C)c2)cc(C2CN(CC(=O)N(C(C)C)C3CCCCC3)CCO2)n1. The van der Waals surface area contributed by atoms with Gasteiger partial charge >= 0.3 is 0 Å². The van der Waals surface area contributed by atoms with Gasteiger partial charge in [-0.3, -0.25) is 19.4 Å². The van der Waals surface area contributed by atoms with E-state index in [1.165, 1.54) is 19.3 Å². The van der Waals surface area contributed by atoms with Crippen LogP contribution in [0.5, 0.6) is 0 Å². The van der Waals surface area contributed by atoms with E-state index < -0.39 is 0 Å². The lowest BCUT2D eigenvalue weighted by Gasteiger charge is -2.39. The molecule has 7 nitrogen and oxygen atoms in total. The van der Waals surface area contributed by atoms with Crippen molar-refractivity contribution in [3.05, 3.63) is 35.9 Å². The third-order valence-corrected chi connectivity index (χ3v) is 6.66. The van der Waals surface area contributed by atoms with E-state index in [1.807, 2.05) is 31.0 Å². The largest absolute Gasteiger partial charge is 0.369 e. The van der Waals surface area contributed by atoms with Gasteiger partial charge in [-0.25, -0.2) is 0 Å². The minimum absolute atomic E-state index is 0.131. The highest BCUT2D eigenvalue weighted by Crippen LogP contribution is 2.28. The van der Waals surface area contributed by atoms with Crippen molar-refractivity contribution in [3.63, 3.8) is 0 Å². The lowest BCUT2D eigenvalue weighted by Crippen LogP contribution is -2.51. The van der Waals surface area contributed by atoms with Gasteiger partial charge in [-0.15, -0.1) is 0 Å². The standard InChI is InChI=1S/C25H37N5O2/c1-18(2)30(22-8-6-5-7-9-22)25(31)17-29-10-11-32-24(16-29)23-13-20(12-19(3)27-23)21-14-26-28(4)15-21/h12-15,18,22,24H,5-11,16-17H2,1-4H3. The van der Waals surface area contributed by atoms with E-state index in [1.54, 1.807) is 0 Å². The van der Waals surface area contributed by atoms with Crippen LogP contribution in [0, 0.1) is 6.92 Å². The zero-order valence-electron chi connectivity index (χ0n) is 20.0. The average Bonchev–Trinajstić information content (AvgIpc) is 3.20. The number of carbonyl (C=O) groups is 1. The summed E-state index contributed by atoms with van der Waals surface area (Å²) in [6.07, 6.45) is 9.80. The first-order chi connectivity index (χ1) is 15.4. The molecule has 1 amide bonds. The molecule has 0 spiro atoms. The first-order valence-electron chi connectivity index (χ1n) is 12.0. The van der Waals surface area contributed by atoms with Crippen molar-refractivity contribution < 1.29 is 9.53 Å². The first kappa shape index (κ1) is 22.9.